The average Bonchev–Trinajstić information content (AvgIpc) is 3.29. The summed E-state index contributed by atoms with van der Waals surface area (Å²) in [5, 5.41) is 10.7. The number of anilines is 4. The lowest BCUT2D eigenvalue weighted by atomic mass is 9.97. The van der Waals surface area contributed by atoms with E-state index in [1.54, 1.807) is 81.4 Å². The van der Waals surface area contributed by atoms with Crippen LogP contribution in [-0.2, 0) is 36.3 Å². The Morgan fingerprint density at radius 3 is 2.09 bits per heavy atom. The van der Waals surface area contributed by atoms with E-state index in [2.05, 4.69) is 25.7 Å². The number of hydrogen-bond acceptors (Lipinski definition) is 12. The van der Waals surface area contributed by atoms with Crippen LogP contribution in [-0.4, -0.2) is 69.0 Å². The van der Waals surface area contributed by atoms with E-state index in [1.807, 2.05) is 0 Å². The van der Waals surface area contributed by atoms with Crippen molar-refractivity contribution in [2.45, 2.75) is 105 Å². The maximum atomic E-state index is 16.8. The number of rotatable bonds is 5. The molecule has 0 aliphatic carbocycles. The van der Waals surface area contributed by atoms with Gasteiger partial charge in [-0.25, -0.2) is 32.2 Å². The Morgan fingerprint density at radius 1 is 0.852 bits per heavy atom. The lowest BCUT2D eigenvalue weighted by Gasteiger charge is -2.29. The van der Waals surface area contributed by atoms with Gasteiger partial charge in [-0.15, -0.1) is 0 Å². The van der Waals surface area contributed by atoms with Crippen molar-refractivity contribution in [3.8, 4) is 11.1 Å². The zero-order valence-electron chi connectivity index (χ0n) is 32.1. The van der Waals surface area contributed by atoms with Crippen LogP contribution in [0, 0.1) is 12.7 Å². The van der Waals surface area contributed by atoms with E-state index in [4.69, 9.17) is 14.2 Å². The predicted octanol–water partition coefficient (Wildman–Crippen LogP) is 8.03. The summed E-state index contributed by atoms with van der Waals surface area (Å²) >= 11 is 0. The molecule has 1 aliphatic rings. The summed E-state index contributed by atoms with van der Waals surface area (Å²) in [6, 6.07) is 4.88. The molecule has 0 spiro atoms. The Morgan fingerprint density at radius 2 is 1.48 bits per heavy atom. The van der Waals surface area contributed by atoms with Gasteiger partial charge in [0.25, 0.3) is 0 Å². The number of amides is 3. The first kappa shape index (κ1) is 39.9. The molecule has 0 atom stereocenters. The highest BCUT2D eigenvalue weighted by molar-refractivity contribution is 7.90. The van der Waals surface area contributed by atoms with Crippen LogP contribution in [0.1, 0.15) is 80.0 Å². The number of carbonyl (C=O) groups excluding carboxylic acids is 3. The van der Waals surface area contributed by atoms with E-state index < -0.39 is 50.7 Å². The standard InChI is InChI=1S/C37H46FN7O8S/c1-21-25(17-39-19-27(21)45(33(47)52-36(5,6)7)34(48)53-37(8,9)10)24-14-22-15-28(41-29-16-23-12-11-13-54(49,50)20-44(23)43-29)40-18-26(22)31(30(24)38)42-32(46)51-35(2,3)4/h14-19H,11-13,20H2,1-10H3,(H,42,46)(H,40,41,43). The monoisotopic (exact) mass is 767 g/mol. The summed E-state index contributed by atoms with van der Waals surface area (Å²) in [4.78, 5) is 49.5. The number of carbonyl (C=O) groups is 3. The third-order valence-corrected chi connectivity index (χ3v) is 9.33. The first-order valence-corrected chi connectivity index (χ1v) is 19.1. The highest BCUT2D eigenvalue weighted by Crippen LogP contribution is 2.39. The van der Waals surface area contributed by atoms with Crippen molar-refractivity contribution in [3.63, 3.8) is 0 Å². The molecule has 0 radical (unpaired) electrons. The average molecular weight is 768 g/mol. The number of nitrogens with zero attached hydrogens (tertiary/aromatic N) is 5. The summed E-state index contributed by atoms with van der Waals surface area (Å²) < 4.78 is 59.5. The topological polar surface area (TPSA) is 184 Å². The summed E-state index contributed by atoms with van der Waals surface area (Å²) in [5.74, 6) is -0.354. The molecule has 17 heteroatoms. The highest BCUT2D eigenvalue weighted by Gasteiger charge is 2.35. The minimum absolute atomic E-state index is 0.0178. The van der Waals surface area contributed by atoms with Gasteiger partial charge in [0.2, 0.25) is 0 Å². The second kappa shape index (κ2) is 14.5. The molecule has 1 aliphatic heterocycles. The molecule has 3 amide bonds. The number of aromatic nitrogens is 4. The molecule has 3 aromatic heterocycles. The smallest absolute Gasteiger partial charge is 0.424 e. The first-order valence-electron chi connectivity index (χ1n) is 17.3. The molecule has 4 heterocycles. The number of halogens is 1. The van der Waals surface area contributed by atoms with Gasteiger partial charge in [-0.05, 0) is 105 Å². The van der Waals surface area contributed by atoms with E-state index in [1.165, 1.54) is 29.3 Å². The number of nitrogens with one attached hydrogen (secondary N) is 2. The van der Waals surface area contributed by atoms with Gasteiger partial charge in [0.05, 0.1) is 23.3 Å². The van der Waals surface area contributed by atoms with Crippen molar-refractivity contribution in [2.24, 2.45) is 0 Å². The zero-order chi connectivity index (χ0) is 40.0. The molecule has 1 aromatic carbocycles. The van der Waals surface area contributed by atoms with Gasteiger partial charge in [-0.2, -0.15) is 10.00 Å². The van der Waals surface area contributed by atoms with Crippen LogP contribution in [0.3, 0.4) is 0 Å². The number of ether oxygens (including phenoxy) is 3. The van der Waals surface area contributed by atoms with Crippen LogP contribution in [0.2, 0.25) is 0 Å². The fraction of sp³-hybridized carbons (Fsp3) is 0.459. The Bertz CT molecular complexity index is 2210. The van der Waals surface area contributed by atoms with Crippen molar-refractivity contribution in [1.82, 2.24) is 19.7 Å². The summed E-state index contributed by atoms with van der Waals surface area (Å²) in [6.45, 7) is 16.5. The van der Waals surface area contributed by atoms with Gasteiger partial charge < -0.3 is 19.5 Å². The molecule has 0 saturated heterocycles. The summed E-state index contributed by atoms with van der Waals surface area (Å²) in [7, 11) is -3.30. The second-order valence-corrected chi connectivity index (χ2v) is 18.1. The van der Waals surface area contributed by atoms with Gasteiger partial charge in [-0.3, -0.25) is 15.0 Å². The number of aryl methyl sites for hydroxylation is 1. The quantitative estimate of drug-likeness (QED) is 0.187. The molecule has 0 unspecified atom stereocenters. The third-order valence-electron chi connectivity index (χ3n) is 7.79. The zero-order valence-corrected chi connectivity index (χ0v) is 32.9. The number of fused-ring (bicyclic) bond motifs is 2. The van der Waals surface area contributed by atoms with Crippen molar-refractivity contribution in [2.75, 3.05) is 21.3 Å². The fourth-order valence-corrected chi connectivity index (χ4v) is 6.95. The maximum absolute atomic E-state index is 16.8. The molecular formula is C37H46FN7O8S. The molecule has 0 saturated carbocycles. The normalized spacial score (nSPS) is 14.4. The van der Waals surface area contributed by atoms with Gasteiger partial charge in [0, 0.05) is 40.7 Å². The SMILES string of the molecule is Cc1c(-c2cc3cc(Nc4cc5n(n4)CS(=O)(=O)CCC5)ncc3c(NC(=O)OC(C)(C)C)c2F)cncc1N(C(=O)OC(C)(C)C)C(=O)OC(C)(C)C. The number of hydrogen-bond donors (Lipinski definition) is 2. The molecule has 290 valence electrons. The number of benzene rings is 1. The molecule has 4 aromatic rings. The predicted molar refractivity (Wildman–Crippen MR) is 202 cm³/mol. The Hall–Kier alpha value is -5.32. The van der Waals surface area contributed by atoms with Crippen molar-refractivity contribution in [3.05, 3.63) is 53.9 Å². The van der Waals surface area contributed by atoms with Gasteiger partial charge in [0.15, 0.2) is 21.5 Å². The van der Waals surface area contributed by atoms with Crippen LogP contribution in [0.25, 0.3) is 21.9 Å². The molecule has 2 N–H and O–H groups in total. The van der Waals surface area contributed by atoms with Crippen molar-refractivity contribution >= 4 is 61.9 Å². The van der Waals surface area contributed by atoms with E-state index in [9.17, 15) is 22.8 Å². The Kier molecular flexibility index (Phi) is 10.7. The molecule has 0 fully saturated rings. The molecule has 54 heavy (non-hydrogen) atoms. The van der Waals surface area contributed by atoms with Gasteiger partial charge in [0.1, 0.15) is 28.5 Å². The Balaban J connectivity index is 1.64. The molecular weight excluding hydrogens is 722 g/mol. The van der Waals surface area contributed by atoms with Crippen LogP contribution in [0.15, 0.2) is 36.8 Å². The lowest BCUT2D eigenvalue weighted by Crippen LogP contribution is -2.44. The van der Waals surface area contributed by atoms with Crippen molar-refractivity contribution in [1.29, 1.82) is 0 Å². The van der Waals surface area contributed by atoms with Crippen LogP contribution >= 0.6 is 0 Å². The molecule has 0 bridgehead atoms. The minimum Gasteiger partial charge on any atom is -0.444 e. The van der Waals surface area contributed by atoms with Crippen LogP contribution in [0.5, 0.6) is 0 Å². The van der Waals surface area contributed by atoms with Crippen molar-refractivity contribution < 1.29 is 41.4 Å². The number of imide groups is 1. The molecule has 5 rings (SSSR count). The van der Waals surface area contributed by atoms with Crippen LogP contribution in [0.4, 0.5) is 41.8 Å². The largest absolute Gasteiger partial charge is 0.444 e. The fourth-order valence-electron chi connectivity index (χ4n) is 5.65. The Labute approximate surface area is 313 Å². The summed E-state index contributed by atoms with van der Waals surface area (Å²) in [5.41, 5.74) is -1.94. The van der Waals surface area contributed by atoms with Gasteiger partial charge >= 0.3 is 18.3 Å². The summed E-state index contributed by atoms with van der Waals surface area (Å²) in [6.07, 6.45) is 2.06. The first-order chi connectivity index (χ1) is 24.9. The van der Waals surface area contributed by atoms with E-state index in [0.717, 1.165) is 5.69 Å². The van der Waals surface area contributed by atoms with E-state index >= 15 is 4.39 Å². The highest BCUT2D eigenvalue weighted by atomic mass is 32.2. The van der Waals surface area contributed by atoms with Crippen LogP contribution < -0.4 is 15.5 Å². The van der Waals surface area contributed by atoms with E-state index in [0.29, 0.717) is 34.8 Å². The minimum atomic E-state index is -3.30. The van der Waals surface area contributed by atoms with E-state index in [-0.39, 0.29) is 45.1 Å². The lowest BCUT2D eigenvalue weighted by molar-refractivity contribution is 0.0429. The maximum Gasteiger partial charge on any atom is 0.424 e. The molecule has 15 nitrogen and oxygen atoms in total. The number of sulfone groups is 1. The third kappa shape index (κ3) is 9.61. The second-order valence-electron chi connectivity index (χ2n) is 16.0. The van der Waals surface area contributed by atoms with Gasteiger partial charge in [-0.1, -0.05) is 0 Å². The number of pyridine rings is 2.